The summed E-state index contributed by atoms with van der Waals surface area (Å²) in [5, 5.41) is 4.88. The Morgan fingerprint density at radius 3 is 2.84 bits per heavy atom. The molecule has 25 heavy (non-hydrogen) atoms. The van der Waals surface area contributed by atoms with Crippen LogP contribution in [0, 0.1) is 18.7 Å². The van der Waals surface area contributed by atoms with Crippen molar-refractivity contribution < 1.29 is 13.6 Å². The van der Waals surface area contributed by atoms with E-state index in [0.29, 0.717) is 30.0 Å². The Balaban J connectivity index is 1.44. The third kappa shape index (κ3) is 3.04. The molecular weight excluding hydrogens is 321 g/mol. The molecule has 0 atom stereocenters. The number of likely N-dealkylation sites (tertiary alicyclic amines) is 1. The largest absolute Gasteiger partial charge is 0.461 e. The molecule has 0 N–H and O–H groups in total. The number of rotatable bonds is 3. The molecule has 1 fully saturated rings. The Labute approximate surface area is 145 Å². The maximum absolute atomic E-state index is 13.7. The lowest BCUT2D eigenvalue weighted by atomic mass is 9.96. The molecule has 3 aromatic rings. The van der Waals surface area contributed by atoms with Crippen molar-refractivity contribution in [1.29, 1.82) is 0 Å². The van der Waals surface area contributed by atoms with Crippen molar-refractivity contribution >= 4 is 16.9 Å². The first-order chi connectivity index (χ1) is 12.1. The average Bonchev–Trinajstić information content (AvgIpc) is 3.25. The van der Waals surface area contributed by atoms with Crippen LogP contribution < -0.4 is 0 Å². The lowest BCUT2D eigenvalue weighted by Crippen LogP contribution is -2.39. The van der Waals surface area contributed by atoms with Gasteiger partial charge in [0, 0.05) is 31.2 Å². The monoisotopic (exact) mass is 341 g/mol. The third-order valence-corrected chi connectivity index (χ3v) is 4.91. The number of carbonyl (C=O) groups excluding carboxylic acids is 1. The summed E-state index contributed by atoms with van der Waals surface area (Å²) in [7, 11) is 0. The van der Waals surface area contributed by atoms with Crippen LogP contribution in [0.3, 0.4) is 0 Å². The number of hydrogen-bond acceptors (Lipinski definition) is 3. The summed E-state index contributed by atoms with van der Waals surface area (Å²) in [4.78, 5) is 14.7. The van der Waals surface area contributed by atoms with E-state index in [-0.39, 0.29) is 11.5 Å². The standard InChI is InChI=1S/C19H20FN3O2/c1-13-10-21-23(11-13)12-14-4-7-22(8-5-14)19(24)16-2-3-17(20)18-15(16)6-9-25-18/h2-3,6,9-11,14H,4-5,7-8,12H2,1H3. The van der Waals surface area contributed by atoms with Crippen LogP contribution >= 0.6 is 0 Å². The lowest BCUT2D eigenvalue weighted by molar-refractivity contribution is 0.0683. The molecule has 3 heterocycles. The van der Waals surface area contributed by atoms with Gasteiger partial charge in [-0.25, -0.2) is 4.39 Å². The van der Waals surface area contributed by atoms with E-state index >= 15 is 0 Å². The van der Waals surface area contributed by atoms with Gasteiger partial charge in [0.2, 0.25) is 0 Å². The molecule has 0 unspecified atom stereocenters. The first-order valence-electron chi connectivity index (χ1n) is 8.56. The molecule has 0 saturated carbocycles. The van der Waals surface area contributed by atoms with Gasteiger partial charge in [0.15, 0.2) is 11.4 Å². The number of piperidine rings is 1. The van der Waals surface area contributed by atoms with Crippen LogP contribution in [-0.4, -0.2) is 33.7 Å². The van der Waals surface area contributed by atoms with E-state index in [1.54, 1.807) is 12.1 Å². The van der Waals surface area contributed by atoms with Crippen molar-refractivity contribution in [3.63, 3.8) is 0 Å². The third-order valence-electron chi connectivity index (χ3n) is 4.91. The highest BCUT2D eigenvalue weighted by Gasteiger charge is 2.26. The number of halogens is 1. The summed E-state index contributed by atoms with van der Waals surface area (Å²) in [6.45, 7) is 4.34. The number of amides is 1. The van der Waals surface area contributed by atoms with E-state index < -0.39 is 5.82 Å². The summed E-state index contributed by atoms with van der Waals surface area (Å²) in [5.41, 5.74) is 1.81. The Morgan fingerprint density at radius 1 is 1.32 bits per heavy atom. The number of hydrogen-bond donors (Lipinski definition) is 0. The van der Waals surface area contributed by atoms with E-state index in [1.807, 2.05) is 28.9 Å². The molecule has 0 bridgehead atoms. The fourth-order valence-corrected chi connectivity index (χ4v) is 3.54. The minimum atomic E-state index is -0.440. The minimum absolute atomic E-state index is 0.0558. The van der Waals surface area contributed by atoms with Crippen molar-refractivity contribution in [1.82, 2.24) is 14.7 Å². The van der Waals surface area contributed by atoms with Gasteiger partial charge in [-0.05, 0) is 49.4 Å². The predicted molar refractivity (Wildman–Crippen MR) is 91.8 cm³/mol. The van der Waals surface area contributed by atoms with Gasteiger partial charge in [0.05, 0.1) is 18.0 Å². The van der Waals surface area contributed by atoms with Crippen molar-refractivity contribution in [2.24, 2.45) is 5.92 Å². The summed E-state index contributed by atoms with van der Waals surface area (Å²) in [6.07, 6.45) is 7.22. The molecule has 1 aromatic carbocycles. The molecule has 0 aliphatic carbocycles. The number of fused-ring (bicyclic) bond motifs is 1. The SMILES string of the molecule is Cc1cnn(CC2CCN(C(=O)c3ccc(F)c4occc34)CC2)c1. The molecule has 5 nitrogen and oxygen atoms in total. The molecule has 0 spiro atoms. The smallest absolute Gasteiger partial charge is 0.254 e. The maximum Gasteiger partial charge on any atom is 0.254 e. The van der Waals surface area contributed by atoms with Gasteiger partial charge in [0.1, 0.15) is 0 Å². The average molecular weight is 341 g/mol. The summed E-state index contributed by atoms with van der Waals surface area (Å²) < 4.78 is 20.9. The van der Waals surface area contributed by atoms with Gasteiger partial charge in [-0.2, -0.15) is 5.10 Å². The van der Waals surface area contributed by atoms with Crippen molar-refractivity contribution in [2.45, 2.75) is 26.3 Å². The van der Waals surface area contributed by atoms with Crippen LogP contribution in [0.4, 0.5) is 4.39 Å². The Bertz CT molecular complexity index is 906. The highest BCUT2D eigenvalue weighted by molar-refractivity contribution is 6.06. The Morgan fingerprint density at radius 2 is 2.12 bits per heavy atom. The van der Waals surface area contributed by atoms with Crippen molar-refractivity contribution in [3.8, 4) is 0 Å². The molecule has 1 aliphatic rings. The number of carbonyl (C=O) groups is 1. The molecule has 2 aromatic heterocycles. The van der Waals surface area contributed by atoms with Crippen LogP contribution in [-0.2, 0) is 6.54 Å². The first kappa shape index (κ1) is 15.9. The summed E-state index contributed by atoms with van der Waals surface area (Å²) in [6, 6.07) is 4.50. The van der Waals surface area contributed by atoms with E-state index in [0.717, 1.165) is 24.9 Å². The highest BCUT2D eigenvalue weighted by atomic mass is 19.1. The quantitative estimate of drug-likeness (QED) is 0.731. The summed E-state index contributed by atoms with van der Waals surface area (Å²) >= 11 is 0. The van der Waals surface area contributed by atoms with Crippen LogP contribution in [0.2, 0.25) is 0 Å². The number of aromatic nitrogens is 2. The Kier molecular flexibility index (Phi) is 4.03. The fraction of sp³-hybridized carbons (Fsp3) is 0.368. The van der Waals surface area contributed by atoms with E-state index in [1.165, 1.54) is 12.3 Å². The van der Waals surface area contributed by atoms with Crippen LogP contribution in [0.5, 0.6) is 0 Å². The van der Waals surface area contributed by atoms with Crippen LogP contribution in [0.25, 0.3) is 11.0 Å². The zero-order valence-corrected chi connectivity index (χ0v) is 14.1. The summed E-state index contributed by atoms with van der Waals surface area (Å²) in [5.74, 6) is 0.0232. The number of nitrogens with zero attached hydrogens (tertiary/aromatic N) is 3. The molecule has 1 amide bonds. The first-order valence-corrected chi connectivity index (χ1v) is 8.56. The van der Waals surface area contributed by atoms with Gasteiger partial charge in [0.25, 0.3) is 5.91 Å². The van der Waals surface area contributed by atoms with Crippen molar-refractivity contribution in [3.05, 3.63) is 53.8 Å². The van der Waals surface area contributed by atoms with E-state index in [4.69, 9.17) is 4.42 Å². The molecule has 130 valence electrons. The zero-order chi connectivity index (χ0) is 17.4. The zero-order valence-electron chi connectivity index (χ0n) is 14.1. The molecule has 6 heteroatoms. The van der Waals surface area contributed by atoms with Gasteiger partial charge in [-0.3, -0.25) is 9.48 Å². The maximum atomic E-state index is 13.7. The molecule has 1 saturated heterocycles. The predicted octanol–water partition coefficient (Wildman–Crippen LogP) is 3.63. The fourth-order valence-electron chi connectivity index (χ4n) is 3.54. The van der Waals surface area contributed by atoms with Crippen LogP contribution in [0.15, 0.2) is 41.3 Å². The normalized spacial score (nSPS) is 15.8. The number of aryl methyl sites for hydroxylation is 1. The van der Waals surface area contributed by atoms with Crippen molar-refractivity contribution in [2.75, 3.05) is 13.1 Å². The van der Waals surface area contributed by atoms with Crippen LogP contribution in [0.1, 0.15) is 28.8 Å². The topological polar surface area (TPSA) is 51.3 Å². The Hall–Kier alpha value is -2.63. The second kappa shape index (κ2) is 6.35. The highest BCUT2D eigenvalue weighted by Crippen LogP contribution is 2.26. The molecule has 4 rings (SSSR count). The second-order valence-electron chi connectivity index (χ2n) is 6.73. The van der Waals surface area contributed by atoms with Gasteiger partial charge < -0.3 is 9.32 Å². The minimum Gasteiger partial charge on any atom is -0.461 e. The second-order valence-corrected chi connectivity index (χ2v) is 6.73. The van der Waals surface area contributed by atoms with Gasteiger partial charge >= 0.3 is 0 Å². The van der Waals surface area contributed by atoms with E-state index in [9.17, 15) is 9.18 Å². The molecule has 0 radical (unpaired) electrons. The molecule has 1 aliphatic heterocycles. The van der Waals surface area contributed by atoms with Gasteiger partial charge in [-0.1, -0.05) is 0 Å². The number of benzene rings is 1. The molecular formula is C19H20FN3O2. The van der Waals surface area contributed by atoms with E-state index in [2.05, 4.69) is 5.10 Å². The number of furan rings is 1. The van der Waals surface area contributed by atoms with Gasteiger partial charge in [-0.15, -0.1) is 0 Å². The lowest BCUT2D eigenvalue weighted by Gasteiger charge is -2.32.